The largest absolute Gasteiger partial charge is 0.484 e. The van der Waals surface area contributed by atoms with Crippen molar-refractivity contribution in [1.82, 2.24) is 25.0 Å². The predicted molar refractivity (Wildman–Crippen MR) is 148 cm³/mol. The number of amides is 1. The molecular formula is C26H25N7O5S2. The summed E-state index contributed by atoms with van der Waals surface area (Å²) in [6.07, 6.45) is 9.29. The van der Waals surface area contributed by atoms with Crippen LogP contribution in [0.15, 0.2) is 88.1 Å². The van der Waals surface area contributed by atoms with Crippen LogP contribution in [0, 0.1) is 0 Å². The highest BCUT2D eigenvalue weighted by Crippen LogP contribution is 2.20. The first-order valence-electron chi connectivity index (χ1n) is 12.3. The molecule has 206 valence electrons. The van der Waals surface area contributed by atoms with Crippen LogP contribution in [0.5, 0.6) is 5.75 Å². The Balaban J connectivity index is 1.07. The fourth-order valence-electron chi connectivity index (χ4n) is 3.69. The third-order valence-corrected chi connectivity index (χ3v) is 7.89. The number of rotatable bonds is 13. The molecule has 5 aromatic rings. The molecule has 0 unspecified atom stereocenters. The number of sulfonamides is 1. The first-order chi connectivity index (χ1) is 19.4. The van der Waals surface area contributed by atoms with E-state index in [1.165, 1.54) is 53.6 Å². The topological polar surface area (TPSA) is 154 Å². The molecule has 0 bridgehead atoms. The number of aromatic nitrogens is 5. The quantitative estimate of drug-likeness (QED) is 0.193. The van der Waals surface area contributed by atoms with Gasteiger partial charge in [0, 0.05) is 30.0 Å². The van der Waals surface area contributed by atoms with E-state index >= 15 is 0 Å². The van der Waals surface area contributed by atoms with Gasteiger partial charge in [-0.05, 0) is 61.2 Å². The van der Waals surface area contributed by atoms with Gasteiger partial charge in [-0.15, -0.1) is 16.4 Å². The van der Waals surface area contributed by atoms with Crippen LogP contribution in [-0.4, -0.2) is 39.3 Å². The molecule has 12 nitrogen and oxygen atoms in total. The van der Waals surface area contributed by atoms with Gasteiger partial charge in [-0.3, -0.25) is 14.2 Å². The van der Waals surface area contributed by atoms with Gasteiger partial charge in [-0.2, -0.15) is 0 Å². The van der Waals surface area contributed by atoms with Crippen molar-refractivity contribution in [2.75, 3.05) is 10.0 Å². The maximum atomic E-state index is 12.6. The van der Waals surface area contributed by atoms with Crippen LogP contribution in [-0.2, 0) is 29.6 Å². The van der Waals surface area contributed by atoms with Crippen molar-refractivity contribution >= 4 is 38.1 Å². The fourth-order valence-corrected chi connectivity index (χ4v) is 5.48. The molecule has 0 aliphatic heterocycles. The van der Waals surface area contributed by atoms with Gasteiger partial charge in [0.05, 0.1) is 11.1 Å². The van der Waals surface area contributed by atoms with Crippen molar-refractivity contribution in [2.24, 2.45) is 0 Å². The molecule has 0 saturated heterocycles. The maximum absolute atomic E-state index is 12.6. The lowest BCUT2D eigenvalue weighted by Crippen LogP contribution is -2.14. The first-order valence-corrected chi connectivity index (χ1v) is 14.6. The number of unbranched alkanes of at least 4 members (excludes halogenated alkanes) is 1. The molecule has 1 amide bonds. The summed E-state index contributed by atoms with van der Waals surface area (Å²) in [5.41, 5.74) is 1.68. The van der Waals surface area contributed by atoms with Crippen LogP contribution >= 0.6 is 11.3 Å². The van der Waals surface area contributed by atoms with E-state index < -0.39 is 15.9 Å². The lowest BCUT2D eigenvalue weighted by atomic mass is 10.1. The first kappa shape index (κ1) is 27.0. The SMILES string of the molecule is O=C(Nc1ccc(S(=O)(=O)Nc2nccs2)cc1)c1coc(COc2ccc(CCCCn3ccnn3)cc2)n1. The van der Waals surface area contributed by atoms with E-state index in [4.69, 9.17) is 9.15 Å². The average Bonchev–Trinajstić information content (AvgIpc) is 3.75. The Bertz CT molecular complexity index is 1620. The zero-order valence-corrected chi connectivity index (χ0v) is 22.8. The van der Waals surface area contributed by atoms with E-state index in [1.807, 2.05) is 35.1 Å². The molecule has 0 fully saturated rings. The van der Waals surface area contributed by atoms with E-state index in [0.717, 1.165) is 25.8 Å². The Morgan fingerprint density at radius 2 is 1.88 bits per heavy atom. The second-order valence-electron chi connectivity index (χ2n) is 8.60. The van der Waals surface area contributed by atoms with Crippen molar-refractivity contribution in [1.29, 1.82) is 0 Å². The Morgan fingerprint density at radius 3 is 2.60 bits per heavy atom. The normalized spacial score (nSPS) is 11.3. The Morgan fingerprint density at radius 1 is 1.05 bits per heavy atom. The highest BCUT2D eigenvalue weighted by molar-refractivity contribution is 7.93. The summed E-state index contributed by atoms with van der Waals surface area (Å²) in [5.74, 6) is 0.409. The van der Waals surface area contributed by atoms with E-state index in [0.29, 0.717) is 11.4 Å². The number of hydrogen-bond donors (Lipinski definition) is 2. The molecule has 2 N–H and O–H groups in total. The van der Waals surface area contributed by atoms with Crippen LogP contribution in [0.25, 0.3) is 0 Å². The maximum Gasteiger partial charge on any atom is 0.277 e. The lowest BCUT2D eigenvalue weighted by Gasteiger charge is -2.07. The molecule has 0 aliphatic carbocycles. The van der Waals surface area contributed by atoms with Gasteiger partial charge in [-0.25, -0.2) is 18.4 Å². The Kier molecular flexibility index (Phi) is 8.47. The molecular weight excluding hydrogens is 554 g/mol. The molecule has 5 rings (SSSR count). The zero-order chi connectivity index (χ0) is 27.8. The number of carbonyl (C=O) groups excluding carboxylic acids is 1. The van der Waals surface area contributed by atoms with Gasteiger partial charge in [0.25, 0.3) is 15.9 Å². The van der Waals surface area contributed by atoms with Gasteiger partial charge in [0.15, 0.2) is 17.4 Å². The smallest absolute Gasteiger partial charge is 0.277 e. The number of thiazole rings is 1. The van der Waals surface area contributed by atoms with Crippen LogP contribution in [0.2, 0.25) is 0 Å². The highest BCUT2D eigenvalue weighted by Gasteiger charge is 2.17. The number of benzene rings is 2. The minimum Gasteiger partial charge on any atom is -0.484 e. The second-order valence-corrected chi connectivity index (χ2v) is 11.2. The number of ether oxygens (including phenoxy) is 1. The summed E-state index contributed by atoms with van der Waals surface area (Å²) in [4.78, 5) is 20.7. The van der Waals surface area contributed by atoms with E-state index in [1.54, 1.807) is 11.6 Å². The summed E-state index contributed by atoms with van der Waals surface area (Å²) >= 11 is 1.17. The van der Waals surface area contributed by atoms with Crippen molar-refractivity contribution in [3.05, 3.63) is 95.9 Å². The van der Waals surface area contributed by atoms with Crippen LogP contribution in [0.1, 0.15) is 34.8 Å². The number of nitrogens with zero attached hydrogens (tertiary/aromatic N) is 5. The van der Waals surface area contributed by atoms with Crippen molar-refractivity contribution in [2.45, 2.75) is 37.3 Å². The number of aryl methyl sites for hydroxylation is 2. The van der Waals surface area contributed by atoms with Gasteiger partial charge in [0.2, 0.25) is 5.89 Å². The zero-order valence-electron chi connectivity index (χ0n) is 21.1. The number of nitrogens with one attached hydrogen (secondary N) is 2. The van der Waals surface area contributed by atoms with Gasteiger partial charge < -0.3 is 14.5 Å². The van der Waals surface area contributed by atoms with Crippen molar-refractivity contribution in [3.8, 4) is 5.75 Å². The van der Waals surface area contributed by atoms with E-state index in [2.05, 4.69) is 30.3 Å². The van der Waals surface area contributed by atoms with Gasteiger partial charge >= 0.3 is 0 Å². The molecule has 3 heterocycles. The van der Waals surface area contributed by atoms with E-state index in [-0.39, 0.29) is 28.2 Å². The molecule has 0 radical (unpaired) electrons. The van der Waals surface area contributed by atoms with E-state index in [9.17, 15) is 13.2 Å². The highest BCUT2D eigenvalue weighted by atomic mass is 32.2. The monoisotopic (exact) mass is 579 g/mol. The minimum absolute atomic E-state index is 0.0396. The molecule has 14 heteroatoms. The summed E-state index contributed by atoms with van der Waals surface area (Å²) in [7, 11) is -3.78. The molecule has 3 aromatic heterocycles. The van der Waals surface area contributed by atoms with Crippen LogP contribution in [0.4, 0.5) is 10.8 Å². The number of anilines is 2. The minimum atomic E-state index is -3.78. The molecule has 0 saturated carbocycles. The summed E-state index contributed by atoms with van der Waals surface area (Å²) in [6.45, 7) is 0.906. The summed E-state index contributed by atoms with van der Waals surface area (Å²) < 4.78 is 40.3. The molecule has 0 spiro atoms. The van der Waals surface area contributed by atoms with Crippen LogP contribution in [0.3, 0.4) is 0 Å². The molecule has 2 aromatic carbocycles. The molecule has 0 aliphatic rings. The van der Waals surface area contributed by atoms with Gasteiger partial charge in [-0.1, -0.05) is 17.3 Å². The lowest BCUT2D eigenvalue weighted by molar-refractivity contribution is 0.102. The molecule has 0 atom stereocenters. The Hall–Kier alpha value is -4.56. The van der Waals surface area contributed by atoms with Gasteiger partial charge in [0.1, 0.15) is 12.0 Å². The van der Waals surface area contributed by atoms with Crippen LogP contribution < -0.4 is 14.8 Å². The standard InChI is InChI=1S/C26H25N7O5S2/c34-25(29-20-6-10-22(11-7-20)40(35,36)31-26-27-13-16-39-26)23-17-38-24(30-23)18-37-21-8-4-19(5-9-21)3-1-2-14-33-15-12-28-32-33/h4-13,15-17H,1-3,14,18H2,(H,27,31)(H,29,34). The summed E-state index contributed by atoms with van der Waals surface area (Å²) in [6, 6.07) is 13.6. The number of oxazole rings is 1. The van der Waals surface area contributed by atoms with Crippen molar-refractivity contribution < 1.29 is 22.4 Å². The Labute approximate surface area is 234 Å². The average molecular weight is 580 g/mol. The third-order valence-electron chi connectivity index (χ3n) is 5.72. The predicted octanol–water partition coefficient (Wildman–Crippen LogP) is 4.38. The fraction of sp³-hybridized carbons (Fsp3) is 0.192. The second kappa shape index (κ2) is 12.5. The third kappa shape index (κ3) is 7.30. The summed E-state index contributed by atoms with van der Waals surface area (Å²) in [5, 5.41) is 12.4. The van der Waals surface area contributed by atoms with Crippen molar-refractivity contribution in [3.63, 3.8) is 0 Å². The number of carbonyl (C=O) groups is 1. The number of hydrogen-bond acceptors (Lipinski definition) is 10. The molecule has 40 heavy (non-hydrogen) atoms.